The van der Waals surface area contributed by atoms with Crippen molar-refractivity contribution < 1.29 is 48.0 Å². The van der Waals surface area contributed by atoms with Gasteiger partial charge in [-0.3, -0.25) is 14.9 Å². The Morgan fingerprint density at radius 1 is 1.18 bits per heavy atom. The fourth-order valence-electron chi connectivity index (χ4n) is 5.74. The Kier molecular flexibility index (Phi) is 13.7. The molecule has 2 saturated heterocycles. The molecule has 0 saturated carbocycles. The lowest BCUT2D eigenvalue weighted by Crippen LogP contribution is -2.63. The average Bonchev–Trinajstić information content (AvgIpc) is 3.77. The number of nitrogens with one attached hydrogen (secondary N) is 1. The molecule has 3 rings (SSSR count). The van der Waals surface area contributed by atoms with Crippen LogP contribution in [0.25, 0.3) is 0 Å². The Labute approximate surface area is 293 Å². The normalized spacial score (nSPS) is 24.6. The zero-order valence-corrected chi connectivity index (χ0v) is 30.7. The van der Waals surface area contributed by atoms with E-state index in [1.54, 1.807) is 45.2 Å². The number of carbonyl (C=O) groups is 4. The van der Waals surface area contributed by atoms with Crippen molar-refractivity contribution >= 4 is 41.2 Å². The number of aliphatic hydroxyl groups is 1. The van der Waals surface area contributed by atoms with Gasteiger partial charge in [-0.15, -0.1) is 0 Å². The van der Waals surface area contributed by atoms with E-state index in [1.807, 2.05) is 26.8 Å². The Bertz CT molecular complexity index is 1450. The Balaban J connectivity index is 1.70. The molecule has 0 unspecified atom stereocenters. The summed E-state index contributed by atoms with van der Waals surface area (Å²) in [5, 5.41) is 14.2. The third kappa shape index (κ3) is 10.2. The predicted molar refractivity (Wildman–Crippen MR) is 183 cm³/mol. The quantitative estimate of drug-likeness (QED) is 0.154. The number of halogens is 1. The fraction of sp³-hybridized carbons (Fsp3) is 0.600. The van der Waals surface area contributed by atoms with Crippen molar-refractivity contribution in [1.82, 2.24) is 10.2 Å². The first-order valence-corrected chi connectivity index (χ1v) is 16.6. The number of ether oxygens (including phenoxy) is 5. The fourth-order valence-corrected chi connectivity index (χ4v) is 6.06. The number of esters is 1. The van der Waals surface area contributed by atoms with Crippen molar-refractivity contribution in [1.29, 1.82) is 0 Å². The predicted octanol–water partition coefficient (Wildman–Crippen LogP) is 4.17. The Morgan fingerprint density at radius 2 is 1.84 bits per heavy atom. The smallest absolute Gasteiger partial charge is 0.409 e. The van der Waals surface area contributed by atoms with E-state index in [4.69, 9.17) is 35.3 Å². The summed E-state index contributed by atoms with van der Waals surface area (Å²) in [6.45, 7) is 10.3. The van der Waals surface area contributed by atoms with Crippen molar-refractivity contribution in [3.63, 3.8) is 0 Å². The van der Waals surface area contributed by atoms with Crippen LogP contribution in [0.2, 0.25) is 5.02 Å². The van der Waals surface area contributed by atoms with E-state index in [-0.39, 0.29) is 47.8 Å². The third-order valence-electron chi connectivity index (χ3n) is 9.06. The topological polar surface area (TPSA) is 156 Å². The summed E-state index contributed by atoms with van der Waals surface area (Å²) in [5.74, 6) is -0.951. The monoisotopic (exact) mass is 707 g/mol. The summed E-state index contributed by atoms with van der Waals surface area (Å²) < 4.78 is 27.5. The van der Waals surface area contributed by atoms with Crippen LogP contribution in [0.5, 0.6) is 5.75 Å². The van der Waals surface area contributed by atoms with Crippen LogP contribution < -0.4 is 15.0 Å². The van der Waals surface area contributed by atoms with E-state index >= 15 is 0 Å². The summed E-state index contributed by atoms with van der Waals surface area (Å²) in [5.41, 5.74) is 0.466. The van der Waals surface area contributed by atoms with Crippen LogP contribution >= 0.6 is 11.6 Å². The van der Waals surface area contributed by atoms with E-state index in [1.165, 1.54) is 38.0 Å². The zero-order valence-electron chi connectivity index (χ0n) is 29.9. The lowest BCUT2D eigenvalue weighted by molar-refractivity contribution is -0.157. The standard InChI is InChI=1S/C35H50ClN3O10/c1-19(12-11-13-29(46-10)35(44)18-28(49-34(43)37-35)21(3)32-23(5)48-32)14-25-16-26(31(36)27(17-25)45-9)39(8)30(41)15-20(2)47-33(42)22(4)38(7)24(6)40/h11-13,16-17,20-23,28-29,32,44H,14-15,18H2,1-10H3,(H,37,43)/b13-11+,19-12+/t20-,21-,22+,23-,28+,29-,32-,35+/m1/s1. The first-order chi connectivity index (χ1) is 22.9. The number of epoxide rings is 1. The van der Waals surface area contributed by atoms with Gasteiger partial charge in [0.2, 0.25) is 11.8 Å². The molecule has 3 amide bonds. The summed E-state index contributed by atoms with van der Waals surface area (Å²) in [7, 11) is 6.02. The molecule has 14 heteroatoms. The van der Waals surface area contributed by atoms with Crippen LogP contribution in [-0.2, 0) is 39.8 Å². The number of likely N-dealkylation sites (N-methyl/N-ethyl adjacent to an activating group) is 1. The van der Waals surface area contributed by atoms with E-state index < -0.39 is 42.1 Å². The minimum absolute atomic E-state index is 0.0313. The lowest BCUT2D eigenvalue weighted by atomic mass is 9.88. The number of cyclic esters (lactones) is 1. The summed E-state index contributed by atoms with van der Waals surface area (Å²) >= 11 is 6.62. The lowest BCUT2D eigenvalue weighted by Gasteiger charge is -2.41. The van der Waals surface area contributed by atoms with Gasteiger partial charge in [0.15, 0.2) is 5.72 Å². The second-order valence-corrected chi connectivity index (χ2v) is 13.3. The Hall–Kier alpha value is -3.65. The number of carbonyl (C=O) groups excluding carboxylic acids is 4. The molecule has 0 bridgehead atoms. The Morgan fingerprint density at radius 3 is 2.41 bits per heavy atom. The highest BCUT2D eigenvalue weighted by molar-refractivity contribution is 6.35. The number of nitrogens with zero attached hydrogens (tertiary/aromatic N) is 2. The second-order valence-electron chi connectivity index (χ2n) is 12.9. The molecule has 2 N–H and O–H groups in total. The van der Waals surface area contributed by atoms with Gasteiger partial charge in [0.25, 0.3) is 0 Å². The number of amides is 3. The van der Waals surface area contributed by atoms with Crippen molar-refractivity contribution in [3.05, 3.63) is 46.5 Å². The van der Waals surface area contributed by atoms with E-state index in [0.29, 0.717) is 17.9 Å². The summed E-state index contributed by atoms with van der Waals surface area (Å²) in [4.78, 5) is 52.3. The number of methoxy groups -OCH3 is 2. The van der Waals surface area contributed by atoms with Gasteiger partial charge in [0.05, 0.1) is 31.4 Å². The molecule has 13 nitrogen and oxygen atoms in total. The van der Waals surface area contributed by atoms with Crippen LogP contribution in [0.3, 0.4) is 0 Å². The van der Waals surface area contributed by atoms with Crippen molar-refractivity contribution in [2.24, 2.45) is 5.92 Å². The largest absolute Gasteiger partial charge is 0.495 e. The molecule has 2 fully saturated rings. The van der Waals surface area contributed by atoms with Gasteiger partial charge in [-0.2, -0.15) is 0 Å². The molecular weight excluding hydrogens is 658 g/mol. The molecule has 2 aliphatic heterocycles. The highest BCUT2D eigenvalue weighted by Crippen LogP contribution is 2.38. The first kappa shape index (κ1) is 39.8. The molecule has 0 aromatic heterocycles. The van der Waals surface area contributed by atoms with Gasteiger partial charge in [-0.1, -0.05) is 42.3 Å². The number of anilines is 1. The molecule has 49 heavy (non-hydrogen) atoms. The molecule has 2 aliphatic rings. The van der Waals surface area contributed by atoms with Gasteiger partial charge in [0, 0.05) is 40.5 Å². The molecular formula is C35H50ClN3O10. The number of hydrogen-bond donors (Lipinski definition) is 2. The minimum atomic E-state index is -1.69. The molecule has 272 valence electrons. The molecule has 0 radical (unpaired) electrons. The zero-order chi connectivity index (χ0) is 36.8. The molecule has 0 spiro atoms. The van der Waals surface area contributed by atoms with E-state index in [9.17, 15) is 24.3 Å². The van der Waals surface area contributed by atoms with E-state index in [2.05, 4.69) is 5.32 Å². The van der Waals surface area contributed by atoms with Crippen LogP contribution in [0.1, 0.15) is 59.9 Å². The number of hydrogen-bond acceptors (Lipinski definition) is 10. The molecule has 1 aromatic rings. The maximum Gasteiger partial charge on any atom is 0.409 e. The van der Waals surface area contributed by atoms with Crippen LogP contribution in [0.15, 0.2) is 35.9 Å². The van der Waals surface area contributed by atoms with Gasteiger partial charge in [0.1, 0.15) is 35.1 Å². The first-order valence-electron chi connectivity index (χ1n) is 16.2. The number of rotatable bonds is 15. The van der Waals surface area contributed by atoms with Gasteiger partial charge in [-0.05, 0) is 51.8 Å². The maximum absolute atomic E-state index is 13.2. The van der Waals surface area contributed by atoms with Crippen molar-refractivity contribution in [2.75, 3.05) is 33.2 Å². The summed E-state index contributed by atoms with van der Waals surface area (Å²) in [6.07, 6.45) is 2.91. The van der Waals surface area contributed by atoms with E-state index in [0.717, 1.165) is 11.1 Å². The molecule has 1 aromatic carbocycles. The number of benzene rings is 1. The number of allylic oxidation sites excluding steroid dienone is 3. The molecule has 8 atom stereocenters. The molecule has 0 aliphatic carbocycles. The highest BCUT2D eigenvalue weighted by atomic mass is 35.5. The SMILES string of the molecule is COc1cc(C/C(C)=C/C=C/[C@@H](OC)[C@@]2(O)C[C@@H]([C@@H](C)[C@H]3O[C@@H]3C)OC(=O)N2)cc(N(C)C(=O)C[C@@H](C)OC(=O)[C@H](C)N(C)C(C)=O)c1Cl. The highest BCUT2D eigenvalue weighted by Gasteiger charge is 2.51. The average molecular weight is 708 g/mol. The van der Waals surface area contributed by atoms with Gasteiger partial charge >= 0.3 is 12.1 Å². The van der Waals surface area contributed by atoms with Crippen LogP contribution in [-0.4, -0.2) is 104 Å². The minimum Gasteiger partial charge on any atom is -0.495 e. The second kappa shape index (κ2) is 16.8. The van der Waals surface area contributed by atoms with Gasteiger partial charge < -0.3 is 38.6 Å². The van der Waals surface area contributed by atoms with Crippen molar-refractivity contribution in [3.8, 4) is 5.75 Å². The summed E-state index contributed by atoms with van der Waals surface area (Å²) in [6, 6.07) is 2.77. The molecule has 2 heterocycles. The van der Waals surface area contributed by atoms with Crippen LogP contribution in [0.4, 0.5) is 10.5 Å². The van der Waals surface area contributed by atoms with Crippen molar-refractivity contribution in [2.45, 2.75) is 103 Å². The number of alkyl carbamates (subject to hydrolysis) is 1. The van der Waals surface area contributed by atoms with Crippen LogP contribution in [0, 0.1) is 5.92 Å². The third-order valence-corrected chi connectivity index (χ3v) is 9.44. The maximum atomic E-state index is 13.2. The van der Waals surface area contributed by atoms with Gasteiger partial charge in [-0.25, -0.2) is 9.59 Å².